The Hall–Kier alpha value is -1.29. The van der Waals surface area contributed by atoms with Gasteiger partial charge in [0, 0.05) is 27.8 Å². The van der Waals surface area contributed by atoms with Crippen LogP contribution >= 0.6 is 15.9 Å². The summed E-state index contributed by atoms with van der Waals surface area (Å²) in [7, 11) is 1.68. The van der Waals surface area contributed by atoms with Crippen LogP contribution in [0.25, 0.3) is 10.9 Å². The quantitative estimate of drug-likeness (QED) is 0.886. The molecule has 0 saturated carbocycles. The van der Waals surface area contributed by atoms with Crippen molar-refractivity contribution in [1.29, 1.82) is 0 Å². The van der Waals surface area contributed by atoms with Gasteiger partial charge in [-0.1, -0.05) is 29.8 Å². The zero-order valence-electron chi connectivity index (χ0n) is 11.6. The summed E-state index contributed by atoms with van der Waals surface area (Å²) in [6, 6.07) is 6.08. The fourth-order valence-electron chi connectivity index (χ4n) is 2.07. The fraction of sp³-hybridized carbons (Fsp3) is 0.400. The predicted molar refractivity (Wildman–Crippen MR) is 84.2 cm³/mol. The molecule has 3 nitrogen and oxygen atoms in total. The van der Waals surface area contributed by atoms with E-state index in [1.54, 1.807) is 7.11 Å². The van der Waals surface area contributed by atoms with Gasteiger partial charge in [0.2, 0.25) is 0 Å². The maximum atomic E-state index is 5.43. The van der Waals surface area contributed by atoms with Crippen LogP contribution in [0, 0.1) is 0 Å². The third-order valence-electron chi connectivity index (χ3n) is 3.07. The molecule has 1 N–H and O–H groups in total. The minimum atomic E-state index is 0.813. The van der Waals surface area contributed by atoms with Crippen molar-refractivity contribution in [3.63, 3.8) is 0 Å². The molecule has 1 aromatic heterocycles. The first-order valence-corrected chi connectivity index (χ1v) is 7.40. The van der Waals surface area contributed by atoms with Gasteiger partial charge in [-0.3, -0.25) is 0 Å². The van der Waals surface area contributed by atoms with E-state index in [9.17, 15) is 0 Å². The van der Waals surface area contributed by atoms with Crippen LogP contribution in [0.3, 0.4) is 0 Å². The average Bonchev–Trinajstić information content (AvgIpc) is 2.44. The van der Waals surface area contributed by atoms with E-state index in [1.807, 2.05) is 12.1 Å². The van der Waals surface area contributed by atoms with Crippen LogP contribution in [0.1, 0.15) is 26.0 Å². The van der Waals surface area contributed by atoms with Crippen molar-refractivity contribution in [2.45, 2.75) is 26.7 Å². The molecule has 0 aliphatic carbocycles. The molecule has 2 rings (SSSR count). The zero-order chi connectivity index (χ0) is 13.8. The van der Waals surface area contributed by atoms with Crippen LogP contribution in [0.4, 0.5) is 5.69 Å². The summed E-state index contributed by atoms with van der Waals surface area (Å²) < 4.78 is 6.47. The number of aromatic nitrogens is 1. The Morgan fingerprint density at radius 3 is 2.74 bits per heavy atom. The van der Waals surface area contributed by atoms with E-state index >= 15 is 0 Å². The number of benzene rings is 1. The first-order chi connectivity index (χ1) is 9.21. The molecule has 0 unspecified atom stereocenters. The minimum Gasteiger partial charge on any atom is -0.494 e. The van der Waals surface area contributed by atoms with E-state index in [-0.39, 0.29) is 0 Å². The number of hydrogen-bond donors (Lipinski definition) is 1. The third kappa shape index (κ3) is 2.84. The highest BCUT2D eigenvalue weighted by molar-refractivity contribution is 9.10. The topological polar surface area (TPSA) is 34.2 Å². The van der Waals surface area contributed by atoms with E-state index in [0.717, 1.165) is 51.9 Å². The lowest BCUT2D eigenvalue weighted by molar-refractivity contribution is 0.418. The van der Waals surface area contributed by atoms with E-state index in [0.29, 0.717) is 0 Å². The summed E-state index contributed by atoms with van der Waals surface area (Å²) >= 11 is 3.61. The Bertz CT molecular complexity index is 584. The fourth-order valence-corrected chi connectivity index (χ4v) is 2.61. The molecule has 102 valence electrons. The lowest BCUT2D eigenvalue weighted by Crippen LogP contribution is -2.03. The molecule has 0 fully saturated rings. The number of rotatable bonds is 5. The average molecular weight is 323 g/mol. The number of fused-ring (bicyclic) bond motifs is 1. The molecular formula is C15H19BrN2O. The molecule has 0 bridgehead atoms. The summed E-state index contributed by atoms with van der Waals surface area (Å²) in [4.78, 5) is 4.70. The molecule has 0 atom stereocenters. The normalized spacial score (nSPS) is 10.7. The summed E-state index contributed by atoms with van der Waals surface area (Å²) in [6.45, 7) is 5.22. The maximum absolute atomic E-state index is 5.43. The summed E-state index contributed by atoms with van der Waals surface area (Å²) in [5, 5.41) is 4.57. The molecule has 1 heterocycles. The van der Waals surface area contributed by atoms with Gasteiger partial charge in [-0.15, -0.1) is 0 Å². The Morgan fingerprint density at radius 1 is 1.32 bits per heavy atom. The second-order valence-corrected chi connectivity index (χ2v) is 5.27. The molecule has 0 saturated heterocycles. The van der Waals surface area contributed by atoms with Gasteiger partial charge in [0.1, 0.15) is 11.3 Å². The molecule has 0 radical (unpaired) electrons. The second-order valence-electron chi connectivity index (χ2n) is 4.41. The van der Waals surface area contributed by atoms with Gasteiger partial charge in [0.15, 0.2) is 0 Å². The summed E-state index contributed by atoms with van der Waals surface area (Å²) in [5.41, 5.74) is 3.10. The van der Waals surface area contributed by atoms with Gasteiger partial charge < -0.3 is 10.1 Å². The second kappa shape index (κ2) is 6.24. The van der Waals surface area contributed by atoms with Crippen LogP contribution in [0.15, 0.2) is 22.7 Å². The van der Waals surface area contributed by atoms with Crippen molar-refractivity contribution >= 4 is 32.5 Å². The molecule has 0 aliphatic rings. The van der Waals surface area contributed by atoms with Crippen molar-refractivity contribution < 1.29 is 4.74 Å². The van der Waals surface area contributed by atoms with E-state index in [2.05, 4.69) is 41.2 Å². The first kappa shape index (κ1) is 14.1. The number of pyridine rings is 1. The number of hydrogen-bond acceptors (Lipinski definition) is 3. The van der Waals surface area contributed by atoms with Crippen LogP contribution in [-0.2, 0) is 6.42 Å². The molecule has 19 heavy (non-hydrogen) atoms. The Morgan fingerprint density at radius 2 is 2.11 bits per heavy atom. The van der Waals surface area contributed by atoms with E-state index in [4.69, 9.17) is 9.72 Å². The monoisotopic (exact) mass is 322 g/mol. The van der Waals surface area contributed by atoms with Crippen molar-refractivity contribution in [2.75, 3.05) is 19.0 Å². The Labute approximate surface area is 122 Å². The highest BCUT2D eigenvalue weighted by atomic mass is 79.9. The van der Waals surface area contributed by atoms with E-state index in [1.165, 1.54) is 0 Å². The third-order valence-corrected chi connectivity index (χ3v) is 3.73. The Balaban J connectivity index is 2.70. The van der Waals surface area contributed by atoms with Gasteiger partial charge in [-0.2, -0.15) is 0 Å². The first-order valence-electron chi connectivity index (χ1n) is 6.61. The lowest BCUT2D eigenvalue weighted by atomic mass is 10.1. The van der Waals surface area contributed by atoms with Gasteiger partial charge in [-0.25, -0.2) is 4.98 Å². The smallest absolute Gasteiger partial charge is 0.145 e. The van der Waals surface area contributed by atoms with Crippen LogP contribution in [-0.4, -0.2) is 18.6 Å². The van der Waals surface area contributed by atoms with Gasteiger partial charge in [0.05, 0.1) is 7.11 Å². The largest absolute Gasteiger partial charge is 0.494 e. The SMILES string of the molecule is CCCNc1cc(CC)nc2c(OC)ccc(Br)c12. The highest BCUT2D eigenvalue weighted by Gasteiger charge is 2.12. The number of aryl methyl sites for hydroxylation is 1. The molecule has 0 aliphatic heterocycles. The number of nitrogens with one attached hydrogen (secondary N) is 1. The zero-order valence-corrected chi connectivity index (χ0v) is 13.2. The molecule has 1 aromatic carbocycles. The van der Waals surface area contributed by atoms with Gasteiger partial charge in [0.25, 0.3) is 0 Å². The Kier molecular flexibility index (Phi) is 4.64. The minimum absolute atomic E-state index is 0.813. The van der Waals surface area contributed by atoms with Gasteiger partial charge in [-0.05, 0) is 31.0 Å². The van der Waals surface area contributed by atoms with Crippen molar-refractivity contribution in [3.8, 4) is 5.75 Å². The molecule has 0 amide bonds. The number of halogens is 1. The van der Waals surface area contributed by atoms with Crippen LogP contribution in [0.2, 0.25) is 0 Å². The van der Waals surface area contributed by atoms with Crippen molar-refractivity contribution in [1.82, 2.24) is 4.98 Å². The van der Waals surface area contributed by atoms with Gasteiger partial charge >= 0.3 is 0 Å². The molecule has 2 aromatic rings. The number of anilines is 1. The van der Waals surface area contributed by atoms with E-state index < -0.39 is 0 Å². The highest BCUT2D eigenvalue weighted by Crippen LogP contribution is 2.36. The molecule has 0 spiro atoms. The maximum Gasteiger partial charge on any atom is 0.145 e. The standard InChI is InChI=1S/C15H19BrN2O/c1-4-8-17-12-9-10(5-2)18-15-13(19-3)7-6-11(16)14(12)15/h6-7,9H,4-5,8H2,1-3H3,(H,17,18). The van der Waals surface area contributed by atoms with Crippen molar-refractivity contribution in [2.24, 2.45) is 0 Å². The van der Waals surface area contributed by atoms with Crippen LogP contribution in [0.5, 0.6) is 5.75 Å². The molecular weight excluding hydrogens is 304 g/mol. The predicted octanol–water partition coefficient (Wildman–Crippen LogP) is 4.39. The summed E-state index contributed by atoms with van der Waals surface area (Å²) in [5.74, 6) is 0.813. The lowest BCUT2D eigenvalue weighted by Gasteiger charge is -2.14. The molecule has 4 heteroatoms. The number of nitrogens with zero attached hydrogens (tertiary/aromatic N) is 1. The van der Waals surface area contributed by atoms with Crippen molar-refractivity contribution in [3.05, 3.63) is 28.4 Å². The van der Waals surface area contributed by atoms with Crippen LogP contribution < -0.4 is 10.1 Å². The number of methoxy groups -OCH3 is 1. The number of ether oxygens (including phenoxy) is 1. The summed E-state index contributed by atoms with van der Waals surface area (Å²) in [6.07, 6.45) is 2.00.